The van der Waals surface area contributed by atoms with Crippen molar-refractivity contribution in [3.63, 3.8) is 0 Å². The molecule has 0 aliphatic carbocycles. The van der Waals surface area contributed by atoms with Gasteiger partial charge in [0.25, 0.3) is 0 Å². The van der Waals surface area contributed by atoms with E-state index in [9.17, 15) is 4.79 Å². The number of rotatable bonds is 8. The normalized spacial score (nSPS) is 10.1. The molecule has 0 aliphatic heterocycles. The number of carbonyl (C=O) groups is 1. The van der Waals surface area contributed by atoms with Crippen molar-refractivity contribution in [3.05, 3.63) is 71.3 Å². The van der Waals surface area contributed by atoms with Crippen LogP contribution in [0.3, 0.4) is 0 Å². The van der Waals surface area contributed by atoms with Crippen LogP contribution < -0.4 is 15.4 Å². The second-order valence-electron chi connectivity index (χ2n) is 5.50. The van der Waals surface area contributed by atoms with Crippen molar-refractivity contribution in [2.75, 3.05) is 18.5 Å². The summed E-state index contributed by atoms with van der Waals surface area (Å²) in [4.78, 5) is 11.9. The van der Waals surface area contributed by atoms with Crippen LogP contribution in [0.15, 0.2) is 60.7 Å². The first-order valence-electron chi connectivity index (χ1n) is 7.66. The Labute approximate surface area is 147 Å². The van der Waals surface area contributed by atoms with Crippen LogP contribution in [0.4, 0.5) is 5.69 Å². The summed E-state index contributed by atoms with van der Waals surface area (Å²) in [7, 11) is 0. The number of amides is 1. The number of carbonyl (C=O) groups excluding carboxylic acids is 1. The highest BCUT2D eigenvalue weighted by molar-refractivity contribution is 6.31. The monoisotopic (exact) mass is 344 g/mol. The average molecular weight is 345 g/mol. The summed E-state index contributed by atoms with van der Waals surface area (Å²) in [6.45, 7) is 6.76. The van der Waals surface area contributed by atoms with E-state index in [0.717, 1.165) is 22.6 Å². The molecule has 5 heteroatoms. The van der Waals surface area contributed by atoms with E-state index >= 15 is 0 Å². The van der Waals surface area contributed by atoms with Crippen molar-refractivity contribution in [2.24, 2.45) is 0 Å². The van der Waals surface area contributed by atoms with Gasteiger partial charge in [-0.2, -0.15) is 0 Å². The molecule has 0 radical (unpaired) electrons. The van der Waals surface area contributed by atoms with Crippen molar-refractivity contribution in [3.8, 4) is 5.75 Å². The first-order valence-corrected chi connectivity index (χ1v) is 8.03. The van der Waals surface area contributed by atoms with Crippen LogP contribution in [0.2, 0.25) is 5.02 Å². The molecule has 0 aliphatic rings. The van der Waals surface area contributed by atoms with Gasteiger partial charge >= 0.3 is 0 Å². The summed E-state index contributed by atoms with van der Waals surface area (Å²) >= 11 is 6.06. The van der Waals surface area contributed by atoms with E-state index in [1.165, 1.54) is 0 Å². The van der Waals surface area contributed by atoms with E-state index in [1.54, 1.807) is 6.07 Å². The average Bonchev–Trinajstić information content (AvgIpc) is 2.58. The van der Waals surface area contributed by atoms with Gasteiger partial charge in [-0.05, 0) is 36.3 Å². The van der Waals surface area contributed by atoms with Crippen LogP contribution in [-0.4, -0.2) is 19.1 Å². The molecular formula is C19H21ClN2O2. The maximum atomic E-state index is 11.9. The SMILES string of the molecule is C=C(C)COc1cccc(NCC(=O)NCc2ccccc2Cl)c1. The van der Waals surface area contributed by atoms with Gasteiger partial charge in [0.05, 0.1) is 6.54 Å². The van der Waals surface area contributed by atoms with Crippen LogP contribution in [0, 0.1) is 0 Å². The number of anilines is 1. The lowest BCUT2D eigenvalue weighted by Crippen LogP contribution is -2.29. The van der Waals surface area contributed by atoms with E-state index in [2.05, 4.69) is 17.2 Å². The number of nitrogens with one attached hydrogen (secondary N) is 2. The minimum absolute atomic E-state index is 0.108. The van der Waals surface area contributed by atoms with Crippen molar-refractivity contribution in [1.82, 2.24) is 5.32 Å². The van der Waals surface area contributed by atoms with Gasteiger partial charge in [-0.1, -0.05) is 42.4 Å². The molecule has 2 N–H and O–H groups in total. The van der Waals surface area contributed by atoms with Gasteiger partial charge in [-0.15, -0.1) is 0 Å². The Bertz CT molecular complexity index is 716. The predicted molar refractivity (Wildman–Crippen MR) is 98.5 cm³/mol. The Hall–Kier alpha value is -2.46. The molecule has 2 aromatic rings. The minimum Gasteiger partial charge on any atom is -0.489 e. The second-order valence-corrected chi connectivity index (χ2v) is 5.90. The highest BCUT2D eigenvalue weighted by Crippen LogP contribution is 2.18. The fraction of sp³-hybridized carbons (Fsp3) is 0.211. The molecule has 126 valence electrons. The zero-order valence-corrected chi connectivity index (χ0v) is 14.4. The second kappa shape index (κ2) is 8.99. The lowest BCUT2D eigenvalue weighted by atomic mass is 10.2. The van der Waals surface area contributed by atoms with E-state index in [0.29, 0.717) is 18.2 Å². The summed E-state index contributed by atoms with van der Waals surface area (Å²) in [5.74, 6) is 0.627. The van der Waals surface area contributed by atoms with Gasteiger partial charge in [-0.25, -0.2) is 0 Å². The maximum Gasteiger partial charge on any atom is 0.239 e. The molecule has 0 atom stereocenters. The zero-order chi connectivity index (χ0) is 17.4. The van der Waals surface area contributed by atoms with Gasteiger partial charge in [0.2, 0.25) is 5.91 Å². The van der Waals surface area contributed by atoms with Crippen LogP contribution in [0.5, 0.6) is 5.75 Å². The lowest BCUT2D eigenvalue weighted by Gasteiger charge is -2.10. The standard InChI is InChI=1S/C19H21ClN2O2/c1-14(2)13-24-17-8-5-7-16(10-17)21-12-19(23)22-11-15-6-3-4-9-18(15)20/h3-10,21H,1,11-13H2,2H3,(H,22,23). The first-order chi connectivity index (χ1) is 11.5. The van der Waals surface area contributed by atoms with Crippen molar-refractivity contribution in [1.29, 1.82) is 0 Å². The number of ether oxygens (including phenoxy) is 1. The van der Waals surface area contributed by atoms with E-state index < -0.39 is 0 Å². The van der Waals surface area contributed by atoms with Gasteiger partial charge in [0, 0.05) is 23.3 Å². The molecule has 0 aromatic heterocycles. The Kier molecular flexibility index (Phi) is 6.70. The van der Waals surface area contributed by atoms with Crippen LogP contribution in [-0.2, 0) is 11.3 Å². The van der Waals surface area contributed by atoms with Crippen LogP contribution in [0.25, 0.3) is 0 Å². The lowest BCUT2D eigenvalue weighted by molar-refractivity contribution is -0.119. The quantitative estimate of drug-likeness (QED) is 0.711. The Morgan fingerprint density at radius 2 is 2.00 bits per heavy atom. The van der Waals surface area contributed by atoms with Gasteiger partial charge in [0.15, 0.2) is 0 Å². The van der Waals surface area contributed by atoms with Crippen molar-refractivity contribution in [2.45, 2.75) is 13.5 Å². The molecule has 24 heavy (non-hydrogen) atoms. The molecule has 0 unspecified atom stereocenters. The molecular weight excluding hydrogens is 324 g/mol. The first kappa shape index (κ1) is 17.9. The molecule has 0 bridgehead atoms. The van der Waals surface area contributed by atoms with Crippen molar-refractivity contribution < 1.29 is 9.53 Å². The Morgan fingerprint density at radius 3 is 2.75 bits per heavy atom. The molecule has 0 saturated carbocycles. The third-order valence-electron chi connectivity index (χ3n) is 3.21. The van der Waals surface area contributed by atoms with Gasteiger partial charge in [0.1, 0.15) is 12.4 Å². The van der Waals surface area contributed by atoms with Crippen LogP contribution >= 0.6 is 11.6 Å². The Balaban J connectivity index is 1.80. The number of hydrogen-bond donors (Lipinski definition) is 2. The summed E-state index contributed by atoms with van der Waals surface area (Å²) in [5, 5.41) is 6.56. The number of halogens is 1. The number of benzene rings is 2. The highest BCUT2D eigenvalue weighted by atomic mass is 35.5. The van der Waals surface area contributed by atoms with E-state index in [1.807, 2.05) is 49.4 Å². The van der Waals surface area contributed by atoms with Gasteiger partial charge < -0.3 is 15.4 Å². The third-order valence-corrected chi connectivity index (χ3v) is 3.57. The third kappa shape index (κ3) is 5.97. The largest absolute Gasteiger partial charge is 0.489 e. The van der Waals surface area contributed by atoms with Gasteiger partial charge in [-0.3, -0.25) is 4.79 Å². The smallest absolute Gasteiger partial charge is 0.239 e. The fourth-order valence-electron chi connectivity index (χ4n) is 1.98. The van der Waals surface area contributed by atoms with Crippen molar-refractivity contribution >= 4 is 23.2 Å². The summed E-state index contributed by atoms with van der Waals surface area (Å²) in [6.07, 6.45) is 0. The molecule has 4 nitrogen and oxygen atoms in total. The molecule has 0 heterocycles. The summed E-state index contributed by atoms with van der Waals surface area (Å²) in [5.41, 5.74) is 2.66. The van der Waals surface area contributed by atoms with E-state index in [4.69, 9.17) is 16.3 Å². The molecule has 2 rings (SSSR count). The fourth-order valence-corrected chi connectivity index (χ4v) is 2.19. The molecule has 1 amide bonds. The maximum absolute atomic E-state index is 11.9. The predicted octanol–water partition coefficient (Wildman–Crippen LogP) is 4.02. The topological polar surface area (TPSA) is 50.4 Å². The molecule has 0 spiro atoms. The van der Waals surface area contributed by atoms with E-state index in [-0.39, 0.29) is 12.5 Å². The highest BCUT2D eigenvalue weighted by Gasteiger charge is 2.04. The van der Waals surface area contributed by atoms with Crippen LogP contribution in [0.1, 0.15) is 12.5 Å². The molecule has 0 saturated heterocycles. The molecule has 2 aromatic carbocycles. The molecule has 0 fully saturated rings. The minimum atomic E-state index is -0.108. The summed E-state index contributed by atoms with van der Waals surface area (Å²) < 4.78 is 5.58. The number of hydrogen-bond acceptors (Lipinski definition) is 3. The summed E-state index contributed by atoms with van der Waals surface area (Å²) in [6, 6.07) is 14.9. The Morgan fingerprint density at radius 1 is 1.21 bits per heavy atom. The zero-order valence-electron chi connectivity index (χ0n) is 13.6.